The smallest absolute Gasteiger partial charge is 0.413 e. The Labute approximate surface area is 124 Å². The highest BCUT2D eigenvalue weighted by Crippen LogP contribution is 2.25. The molecule has 0 aliphatic carbocycles. The number of amides is 1. The van der Waals surface area contributed by atoms with Crippen LogP contribution in [0.5, 0.6) is 0 Å². The number of rotatable bonds is 3. The molecule has 112 valence electrons. The van der Waals surface area contributed by atoms with Crippen LogP contribution in [0.15, 0.2) is 30.5 Å². The summed E-state index contributed by atoms with van der Waals surface area (Å²) in [5.41, 5.74) is 3.17. The first kappa shape index (κ1) is 15.1. The summed E-state index contributed by atoms with van der Waals surface area (Å²) in [5.74, 6) is 0.378. The predicted molar refractivity (Wildman–Crippen MR) is 83.4 cm³/mol. The van der Waals surface area contributed by atoms with Gasteiger partial charge in [-0.05, 0) is 17.9 Å². The van der Waals surface area contributed by atoms with Crippen LogP contribution in [0.1, 0.15) is 33.3 Å². The van der Waals surface area contributed by atoms with Crippen LogP contribution in [-0.2, 0) is 10.2 Å². The average molecular weight is 287 g/mol. The molecule has 0 aliphatic rings. The van der Waals surface area contributed by atoms with Gasteiger partial charge in [0.2, 0.25) is 5.95 Å². The first-order chi connectivity index (χ1) is 9.90. The van der Waals surface area contributed by atoms with Crippen molar-refractivity contribution in [2.45, 2.75) is 33.1 Å². The van der Waals surface area contributed by atoms with Gasteiger partial charge in [-0.2, -0.15) is 0 Å². The maximum absolute atomic E-state index is 11.3. The summed E-state index contributed by atoms with van der Waals surface area (Å²) in [7, 11) is 0. The van der Waals surface area contributed by atoms with Gasteiger partial charge in [0.05, 0.1) is 12.3 Å². The predicted octanol–water partition coefficient (Wildman–Crippen LogP) is 3.94. The zero-order valence-electron chi connectivity index (χ0n) is 12.9. The quantitative estimate of drug-likeness (QED) is 0.898. The molecule has 2 aromatic rings. The van der Waals surface area contributed by atoms with E-state index in [1.54, 1.807) is 13.1 Å². The number of benzene rings is 1. The van der Waals surface area contributed by atoms with Gasteiger partial charge in [0.15, 0.2) is 0 Å². The van der Waals surface area contributed by atoms with E-state index in [-0.39, 0.29) is 5.41 Å². The average Bonchev–Trinajstić information content (AvgIpc) is 2.86. The number of aromatic nitrogens is 2. The summed E-state index contributed by atoms with van der Waals surface area (Å²) < 4.78 is 4.80. The van der Waals surface area contributed by atoms with E-state index in [0.29, 0.717) is 12.6 Å². The molecule has 1 aromatic heterocycles. The molecule has 0 saturated heterocycles. The number of aromatic amines is 1. The normalized spacial score (nSPS) is 11.2. The van der Waals surface area contributed by atoms with Crippen molar-refractivity contribution in [1.82, 2.24) is 9.97 Å². The lowest BCUT2D eigenvalue weighted by Crippen LogP contribution is -2.14. The number of nitrogens with one attached hydrogen (secondary N) is 2. The van der Waals surface area contributed by atoms with E-state index in [9.17, 15) is 4.79 Å². The van der Waals surface area contributed by atoms with E-state index in [2.05, 4.69) is 48.2 Å². The minimum absolute atomic E-state index is 0.126. The molecule has 0 spiro atoms. The fourth-order valence-electron chi connectivity index (χ4n) is 1.94. The standard InChI is InChI=1S/C16H21N3O2/c1-5-21-15(20)19-14-17-10-13(18-14)11-6-8-12(9-7-11)16(2,3)4/h6-10H,5H2,1-4H3,(H2,17,18,19,20). The Bertz CT molecular complexity index is 609. The zero-order chi connectivity index (χ0) is 15.5. The first-order valence-electron chi connectivity index (χ1n) is 7.00. The summed E-state index contributed by atoms with van der Waals surface area (Å²) in [6.07, 6.45) is 1.25. The summed E-state index contributed by atoms with van der Waals surface area (Å²) in [4.78, 5) is 18.6. The van der Waals surface area contributed by atoms with Crippen molar-refractivity contribution >= 4 is 12.0 Å². The van der Waals surface area contributed by atoms with E-state index >= 15 is 0 Å². The van der Waals surface area contributed by atoms with Gasteiger partial charge in [-0.25, -0.2) is 9.78 Å². The number of hydrogen-bond donors (Lipinski definition) is 2. The topological polar surface area (TPSA) is 67.0 Å². The largest absolute Gasteiger partial charge is 0.450 e. The van der Waals surface area contributed by atoms with Crippen molar-refractivity contribution in [1.29, 1.82) is 0 Å². The second kappa shape index (κ2) is 5.99. The highest BCUT2D eigenvalue weighted by molar-refractivity contribution is 5.82. The minimum atomic E-state index is -0.513. The van der Waals surface area contributed by atoms with Crippen LogP contribution in [0.2, 0.25) is 0 Å². The van der Waals surface area contributed by atoms with Gasteiger partial charge >= 0.3 is 6.09 Å². The molecule has 1 amide bonds. The third-order valence-corrected chi connectivity index (χ3v) is 3.12. The molecule has 1 heterocycles. The number of hydrogen-bond acceptors (Lipinski definition) is 3. The summed E-state index contributed by atoms with van der Waals surface area (Å²) in [5, 5.41) is 2.54. The molecule has 5 nitrogen and oxygen atoms in total. The zero-order valence-corrected chi connectivity index (χ0v) is 12.9. The number of H-pyrrole nitrogens is 1. The van der Waals surface area contributed by atoms with Gasteiger partial charge in [0.1, 0.15) is 0 Å². The van der Waals surface area contributed by atoms with Crippen LogP contribution in [0.3, 0.4) is 0 Å². The number of carbonyl (C=O) groups excluding carboxylic acids is 1. The van der Waals surface area contributed by atoms with Crippen molar-refractivity contribution in [3.05, 3.63) is 36.0 Å². The van der Waals surface area contributed by atoms with E-state index in [1.807, 2.05) is 12.1 Å². The van der Waals surface area contributed by atoms with Gasteiger partial charge in [-0.15, -0.1) is 0 Å². The molecule has 2 rings (SSSR count). The summed E-state index contributed by atoms with van der Waals surface area (Å²) >= 11 is 0. The fourth-order valence-corrected chi connectivity index (χ4v) is 1.94. The third-order valence-electron chi connectivity index (χ3n) is 3.12. The van der Waals surface area contributed by atoms with Crippen LogP contribution in [0.25, 0.3) is 11.3 Å². The molecule has 0 atom stereocenters. The van der Waals surface area contributed by atoms with Crippen molar-refractivity contribution in [2.75, 3.05) is 11.9 Å². The number of imidazole rings is 1. The number of carbonyl (C=O) groups is 1. The second-order valence-electron chi connectivity index (χ2n) is 5.81. The summed E-state index contributed by atoms with van der Waals surface area (Å²) in [6.45, 7) is 8.62. The van der Waals surface area contributed by atoms with Crippen LogP contribution >= 0.6 is 0 Å². The van der Waals surface area contributed by atoms with Gasteiger partial charge in [0.25, 0.3) is 0 Å². The Morgan fingerprint density at radius 1 is 1.29 bits per heavy atom. The lowest BCUT2D eigenvalue weighted by Gasteiger charge is -2.18. The fraction of sp³-hybridized carbons (Fsp3) is 0.375. The van der Waals surface area contributed by atoms with Gasteiger partial charge < -0.3 is 9.72 Å². The lowest BCUT2D eigenvalue weighted by molar-refractivity contribution is 0.167. The SMILES string of the molecule is CCOC(=O)Nc1nc(-c2ccc(C(C)(C)C)cc2)c[nH]1. The number of ether oxygens (including phenoxy) is 1. The Morgan fingerprint density at radius 2 is 1.95 bits per heavy atom. The first-order valence-corrected chi connectivity index (χ1v) is 7.00. The van der Waals surface area contributed by atoms with Crippen LogP contribution in [-0.4, -0.2) is 22.7 Å². The van der Waals surface area contributed by atoms with Crippen molar-refractivity contribution in [3.63, 3.8) is 0 Å². The molecule has 1 aromatic carbocycles. The monoisotopic (exact) mass is 287 g/mol. The van der Waals surface area contributed by atoms with Gasteiger partial charge in [-0.3, -0.25) is 5.32 Å². The maximum atomic E-state index is 11.3. The van der Waals surface area contributed by atoms with Crippen molar-refractivity contribution < 1.29 is 9.53 Å². The number of nitrogens with zero attached hydrogens (tertiary/aromatic N) is 1. The van der Waals surface area contributed by atoms with Crippen LogP contribution < -0.4 is 5.32 Å². The molecule has 5 heteroatoms. The highest BCUT2D eigenvalue weighted by atomic mass is 16.5. The molecule has 0 saturated carbocycles. The summed E-state index contributed by atoms with van der Waals surface area (Å²) in [6, 6.07) is 8.26. The van der Waals surface area contributed by atoms with Crippen molar-refractivity contribution in [3.8, 4) is 11.3 Å². The Kier molecular flexibility index (Phi) is 4.31. The third kappa shape index (κ3) is 3.84. The van der Waals surface area contributed by atoms with Gasteiger partial charge in [0, 0.05) is 11.8 Å². The molecular formula is C16H21N3O2. The van der Waals surface area contributed by atoms with Crippen LogP contribution in [0.4, 0.5) is 10.7 Å². The van der Waals surface area contributed by atoms with E-state index < -0.39 is 6.09 Å². The van der Waals surface area contributed by atoms with E-state index in [0.717, 1.165) is 11.3 Å². The molecular weight excluding hydrogens is 266 g/mol. The molecule has 0 unspecified atom stereocenters. The highest BCUT2D eigenvalue weighted by Gasteiger charge is 2.14. The minimum Gasteiger partial charge on any atom is -0.450 e. The van der Waals surface area contributed by atoms with E-state index in [1.165, 1.54) is 5.56 Å². The number of anilines is 1. The van der Waals surface area contributed by atoms with Gasteiger partial charge in [-0.1, -0.05) is 45.0 Å². The molecule has 0 aliphatic heterocycles. The molecule has 0 bridgehead atoms. The Hall–Kier alpha value is -2.30. The lowest BCUT2D eigenvalue weighted by atomic mass is 9.86. The van der Waals surface area contributed by atoms with Crippen molar-refractivity contribution in [2.24, 2.45) is 0 Å². The van der Waals surface area contributed by atoms with Crippen LogP contribution in [0, 0.1) is 0 Å². The molecule has 21 heavy (non-hydrogen) atoms. The second-order valence-corrected chi connectivity index (χ2v) is 5.81. The maximum Gasteiger partial charge on any atom is 0.413 e. The Balaban J connectivity index is 2.12. The molecule has 0 fully saturated rings. The Morgan fingerprint density at radius 3 is 2.52 bits per heavy atom. The van der Waals surface area contributed by atoms with E-state index in [4.69, 9.17) is 4.74 Å². The molecule has 2 N–H and O–H groups in total. The molecule has 0 radical (unpaired) electrons.